The van der Waals surface area contributed by atoms with Gasteiger partial charge in [-0.1, -0.05) is 35.3 Å². The van der Waals surface area contributed by atoms with E-state index in [0.717, 1.165) is 11.1 Å². The van der Waals surface area contributed by atoms with Crippen LogP contribution in [-0.4, -0.2) is 24.2 Å². The molecule has 0 aromatic heterocycles. The summed E-state index contributed by atoms with van der Waals surface area (Å²) in [5, 5.41) is 12.6. The first-order chi connectivity index (χ1) is 12.0. The van der Waals surface area contributed by atoms with Crippen LogP contribution < -0.4 is 14.8 Å². The highest BCUT2D eigenvalue weighted by Gasteiger charge is 2.09. The Hall–Kier alpha value is -1.95. The summed E-state index contributed by atoms with van der Waals surface area (Å²) in [7, 11) is 0. The average Bonchev–Trinajstić information content (AvgIpc) is 2.55. The molecule has 0 aliphatic carbocycles. The fourth-order valence-electron chi connectivity index (χ4n) is 2.16. The molecule has 0 unspecified atom stereocenters. The van der Waals surface area contributed by atoms with Gasteiger partial charge in [0.1, 0.15) is 6.61 Å². The molecule has 2 N–H and O–H groups in total. The average molecular weight is 384 g/mol. The number of nitrogens with one attached hydrogen (secondary N) is 1. The standard InChI is InChI=1S/C18H19Cl2NO4/c1-2-24-17-7-12(9-21-10-18(22)23)3-6-16(17)25-11-13-4-5-14(19)8-15(13)20/h3-8,21H,2,9-11H2,1H3,(H,22,23). The smallest absolute Gasteiger partial charge is 0.317 e. The summed E-state index contributed by atoms with van der Waals surface area (Å²) in [4.78, 5) is 10.6. The highest BCUT2D eigenvalue weighted by molar-refractivity contribution is 6.35. The Morgan fingerprint density at radius 3 is 2.60 bits per heavy atom. The van der Waals surface area contributed by atoms with Gasteiger partial charge in [-0.3, -0.25) is 4.79 Å². The lowest BCUT2D eigenvalue weighted by Crippen LogP contribution is -2.21. The zero-order valence-electron chi connectivity index (χ0n) is 13.7. The molecule has 0 bridgehead atoms. The van der Waals surface area contributed by atoms with Gasteiger partial charge in [0.05, 0.1) is 13.2 Å². The van der Waals surface area contributed by atoms with E-state index >= 15 is 0 Å². The van der Waals surface area contributed by atoms with Gasteiger partial charge in [0, 0.05) is 22.2 Å². The predicted molar refractivity (Wildman–Crippen MR) is 97.7 cm³/mol. The molecule has 7 heteroatoms. The number of hydrogen-bond donors (Lipinski definition) is 2. The minimum Gasteiger partial charge on any atom is -0.490 e. The van der Waals surface area contributed by atoms with Gasteiger partial charge in [-0.05, 0) is 36.8 Å². The van der Waals surface area contributed by atoms with Crippen molar-refractivity contribution in [3.05, 3.63) is 57.6 Å². The van der Waals surface area contributed by atoms with Crippen molar-refractivity contribution in [2.75, 3.05) is 13.2 Å². The third-order valence-corrected chi connectivity index (χ3v) is 3.90. The molecule has 0 radical (unpaired) electrons. The second-order valence-corrected chi connectivity index (χ2v) is 6.08. The van der Waals surface area contributed by atoms with E-state index in [2.05, 4.69) is 5.32 Å². The van der Waals surface area contributed by atoms with E-state index in [-0.39, 0.29) is 13.2 Å². The fraction of sp³-hybridized carbons (Fsp3) is 0.278. The van der Waals surface area contributed by atoms with Gasteiger partial charge in [-0.25, -0.2) is 0 Å². The number of benzene rings is 2. The Labute approximate surface area is 156 Å². The van der Waals surface area contributed by atoms with Crippen LogP contribution in [0.2, 0.25) is 10.0 Å². The molecule has 0 aliphatic heterocycles. The van der Waals surface area contributed by atoms with Gasteiger partial charge in [0.2, 0.25) is 0 Å². The van der Waals surface area contributed by atoms with Crippen LogP contribution in [0.1, 0.15) is 18.1 Å². The molecule has 0 fully saturated rings. The first-order valence-electron chi connectivity index (χ1n) is 7.74. The SMILES string of the molecule is CCOc1cc(CNCC(=O)O)ccc1OCc1ccc(Cl)cc1Cl. The van der Waals surface area contributed by atoms with Gasteiger partial charge in [-0.2, -0.15) is 0 Å². The van der Waals surface area contributed by atoms with E-state index in [0.29, 0.717) is 34.7 Å². The van der Waals surface area contributed by atoms with E-state index in [4.69, 9.17) is 37.8 Å². The Morgan fingerprint density at radius 1 is 1.12 bits per heavy atom. The van der Waals surface area contributed by atoms with Crippen molar-refractivity contribution in [1.29, 1.82) is 0 Å². The molecular formula is C18H19Cl2NO4. The largest absolute Gasteiger partial charge is 0.490 e. The maximum Gasteiger partial charge on any atom is 0.317 e. The van der Waals surface area contributed by atoms with Gasteiger partial charge in [-0.15, -0.1) is 0 Å². The van der Waals surface area contributed by atoms with Crippen LogP contribution in [-0.2, 0) is 17.9 Å². The maximum absolute atomic E-state index is 10.6. The molecule has 0 spiro atoms. The van der Waals surface area contributed by atoms with E-state index in [1.165, 1.54) is 0 Å². The van der Waals surface area contributed by atoms with Crippen molar-refractivity contribution in [3.63, 3.8) is 0 Å². The second kappa shape index (κ2) is 9.51. The second-order valence-electron chi connectivity index (χ2n) is 5.24. The zero-order chi connectivity index (χ0) is 18.2. The zero-order valence-corrected chi connectivity index (χ0v) is 15.2. The minimum absolute atomic E-state index is 0.0999. The van der Waals surface area contributed by atoms with Gasteiger partial charge >= 0.3 is 5.97 Å². The molecule has 2 aromatic carbocycles. The van der Waals surface area contributed by atoms with Crippen molar-refractivity contribution in [2.24, 2.45) is 0 Å². The molecule has 134 valence electrons. The lowest BCUT2D eigenvalue weighted by atomic mass is 10.2. The Balaban J connectivity index is 2.06. The van der Waals surface area contributed by atoms with Gasteiger partial charge in [0.15, 0.2) is 11.5 Å². The van der Waals surface area contributed by atoms with E-state index < -0.39 is 5.97 Å². The van der Waals surface area contributed by atoms with E-state index in [1.54, 1.807) is 18.2 Å². The molecule has 25 heavy (non-hydrogen) atoms. The third-order valence-electron chi connectivity index (χ3n) is 3.31. The summed E-state index contributed by atoms with van der Waals surface area (Å²) in [6.07, 6.45) is 0. The van der Waals surface area contributed by atoms with Crippen LogP contribution in [0.3, 0.4) is 0 Å². The molecular weight excluding hydrogens is 365 g/mol. The molecule has 0 heterocycles. The highest BCUT2D eigenvalue weighted by Crippen LogP contribution is 2.30. The van der Waals surface area contributed by atoms with Crippen LogP contribution in [0.5, 0.6) is 11.5 Å². The van der Waals surface area contributed by atoms with Crippen molar-refractivity contribution in [1.82, 2.24) is 5.32 Å². The minimum atomic E-state index is -0.898. The summed E-state index contributed by atoms with van der Waals surface area (Å²) in [6.45, 7) is 2.99. The fourth-order valence-corrected chi connectivity index (χ4v) is 2.62. The Bertz CT molecular complexity index is 737. The number of ether oxygens (including phenoxy) is 2. The molecule has 2 rings (SSSR count). The van der Waals surface area contributed by atoms with Crippen molar-refractivity contribution >= 4 is 29.2 Å². The van der Waals surface area contributed by atoms with Crippen molar-refractivity contribution in [3.8, 4) is 11.5 Å². The molecule has 0 atom stereocenters. The van der Waals surface area contributed by atoms with Crippen LogP contribution in [0.4, 0.5) is 0 Å². The normalized spacial score (nSPS) is 10.5. The number of carbonyl (C=O) groups is 1. The molecule has 0 aliphatic rings. The summed E-state index contributed by atoms with van der Waals surface area (Å²) >= 11 is 12.0. The molecule has 0 saturated heterocycles. The van der Waals surface area contributed by atoms with Crippen LogP contribution in [0.15, 0.2) is 36.4 Å². The summed E-state index contributed by atoms with van der Waals surface area (Å²) in [5.74, 6) is 0.293. The molecule has 2 aromatic rings. The lowest BCUT2D eigenvalue weighted by Gasteiger charge is -2.14. The molecule has 5 nitrogen and oxygen atoms in total. The number of carboxylic acid groups (broad SMARTS) is 1. The summed E-state index contributed by atoms with van der Waals surface area (Å²) in [6, 6.07) is 10.7. The third kappa shape index (κ3) is 6.12. The number of rotatable bonds is 9. The Morgan fingerprint density at radius 2 is 1.92 bits per heavy atom. The van der Waals surface area contributed by atoms with Crippen LogP contribution in [0.25, 0.3) is 0 Å². The number of halogens is 2. The van der Waals surface area contributed by atoms with Gasteiger partial charge in [0.25, 0.3) is 0 Å². The summed E-state index contributed by atoms with van der Waals surface area (Å²) in [5.41, 5.74) is 1.72. The molecule has 0 saturated carbocycles. The molecule has 0 amide bonds. The number of carboxylic acids is 1. The van der Waals surface area contributed by atoms with Gasteiger partial charge < -0.3 is 19.9 Å². The maximum atomic E-state index is 10.6. The van der Waals surface area contributed by atoms with E-state index in [1.807, 2.05) is 25.1 Å². The van der Waals surface area contributed by atoms with Crippen molar-refractivity contribution in [2.45, 2.75) is 20.1 Å². The quantitative estimate of drug-likeness (QED) is 0.680. The van der Waals surface area contributed by atoms with E-state index in [9.17, 15) is 4.79 Å². The lowest BCUT2D eigenvalue weighted by molar-refractivity contribution is -0.135. The number of hydrogen-bond acceptors (Lipinski definition) is 4. The number of aliphatic carboxylic acids is 1. The first kappa shape index (κ1) is 19.4. The predicted octanol–water partition coefficient (Wildman–Crippen LogP) is 4.15. The Kier molecular flexibility index (Phi) is 7.37. The first-order valence-corrected chi connectivity index (χ1v) is 8.50. The highest BCUT2D eigenvalue weighted by atomic mass is 35.5. The van der Waals surface area contributed by atoms with Crippen molar-refractivity contribution < 1.29 is 19.4 Å². The topological polar surface area (TPSA) is 67.8 Å². The summed E-state index contributed by atoms with van der Waals surface area (Å²) < 4.78 is 11.4. The van der Waals surface area contributed by atoms with Crippen LogP contribution >= 0.6 is 23.2 Å². The monoisotopic (exact) mass is 383 g/mol. The van der Waals surface area contributed by atoms with Crippen LogP contribution in [0, 0.1) is 0 Å².